The first-order chi connectivity index (χ1) is 26.4. The van der Waals surface area contributed by atoms with E-state index in [9.17, 15) is 24.0 Å². The van der Waals surface area contributed by atoms with Crippen LogP contribution in [0.15, 0.2) is 58.1 Å². The SMILES string of the molecule is C[NH+](C)CCOC(=O)C(C)(Br)CC(C)(CC(C)(C)C(=O)CCCCCCn1c(=O)c2ccc3sc4ccccc4c4ccc(c1=O)c2c34)C(=O)OCC[NH+](C)C. The first kappa shape index (κ1) is 43.4. The van der Waals surface area contributed by atoms with Crippen LogP contribution in [-0.2, 0) is 30.4 Å². The van der Waals surface area contributed by atoms with Crippen molar-refractivity contribution in [3.05, 3.63) is 69.2 Å². The Kier molecular flexibility index (Phi) is 13.8. The van der Waals surface area contributed by atoms with Crippen molar-refractivity contribution in [1.29, 1.82) is 0 Å². The standard InChI is InChI=1S/C44H56BrN3O7S/c1-42(2,27-43(3,40(52)54-25-23-46(5)6)28-44(4,45)41(53)55-26-24-47(7)8)35(49)17-11-9-10-14-22-48-38(50)31-19-18-30-29-15-12-13-16-33(29)56-34-21-20-32(39(48)51)36(31)37(30)34/h12-13,15-16,18-21H,9-11,14,17,22-28H2,1-8H3/p+2. The van der Waals surface area contributed by atoms with Crippen molar-refractivity contribution in [2.24, 2.45) is 10.8 Å². The summed E-state index contributed by atoms with van der Waals surface area (Å²) in [5.41, 5.74) is -2.55. The number of hydrogen-bond acceptors (Lipinski definition) is 8. The van der Waals surface area contributed by atoms with Gasteiger partial charge in [0.05, 0.1) is 33.6 Å². The number of aromatic nitrogens is 1. The van der Waals surface area contributed by atoms with E-state index in [2.05, 4.69) is 28.1 Å². The smallest absolute Gasteiger partial charge is 0.322 e. The number of halogens is 1. The molecule has 2 atom stereocenters. The van der Waals surface area contributed by atoms with E-state index in [1.807, 2.05) is 78.4 Å². The largest absolute Gasteiger partial charge is 0.459 e. The number of carbonyl (C=O) groups excluding carboxylic acids is 3. The van der Waals surface area contributed by atoms with Gasteiger partial charge in [0.2, 0.25) is 0 Å². The minimum Gasteiger partial charge on any atom is -0.459 e. The second-order valence-electron chi connectivity index (χ2n) is 17.2. The molecule has 5 rings (SSSR count). The number of quaternary nitrogens is 2. The molecule has 0 saturated carbocycles. The van der Waals surface area contributed by atoms with Crippen LogP contribution < -0.4 is 20.9 Å². The highest BCUT2D eigenvalue weighted by Crippen LogP contribution is 2.45. The molecule has 0 saturated heterocycles. The molecule has 0 aliphatic rings. The molecular weight excluding hydrogens is 794 g/mol. The molecule has 0 radical (unpaired) electrons. The Labute approximate surface area is 341 Å². The molecule has 2 unspecified atom stereocenters. The van der Waals surface area contributed by atoms with Crippen LogP contribution in [0, 0.1) is 10.8 Å². The normalized spacial score (nSPS) is 14.6. The fourth-order valence-electron chi connectivity index (χ4n) is 7.97. The van der Waals surface area contributed by atoms with Crippen LogP contribution in [0.4, 0.5) is 0 Å². The second-order valence-corrected chi connectivity index (χ2v) is 20.0. The Morgan fingerprint density at radius 3 is 1.89 bits per heavy atom. The third-order valence-electron chi connectivity index (χ3n) is 10.9. The summed E-state index contributed by atoms with van der Waals surface area (Å²) in [6.07, 6.45) is 3.38. The summed E-state index contributed by atoms with van der Waals surface area (Å²) >= 11 is 5.23. The van der Waals surface area contributed by atoms with Crippen molar-refractivity contribution in [1.82, 2.24) is 4.57 Å². The molecule has 2 heterocycles. The van der Waals surface area contributed by atoms with Gasteiger partial charge in [-0.25, -0.2) is 0 Å². The predicted octanol–water partition coefficient (Wildman–Crippen LogP) is 5.18. The van der Waals surface area contributed by atoms with Crippen molar-refractivity contribution in [3.8, 4) is 0 Å². The molecule has 0 aliphatic carbocycles. The van der Waals surface area contributed by atoms with E-state index < -0.39 is 27.1 Å². The molecule has 3 aromatic carbocycles. The van der Waals surface area contributed by atoms with E-state index in [-0.39, 0.29) is 43.0 Å². The highest BCUT2D eigenvalue weighted by atomic mass is 79.9. The lowest BCUT2D eigenvalue weighted by Gasteiger charge is -2.38. The summed E-state index contributed by atoms with van der Waals surface area (Å²) in [6, 6.07) is 15.9. The minimum absolute atomic E-state index is 0.0286. The lowest BCUT2D eigenvalue weighted by Crippen LogP contribution is -3.06. The number of Topliss-reactive ketones (excluding diaryl/α,β-unsaturated/α-hetero) is 1. The van der Waals surface area contributed by atoms with E-state index in [1.54, 1.807) is 25.2 Å². The Morgan fingerprint density at radius 1 is 0.679 bits per heavy atom. The maximum atomic E-state index is 13.7. The lowest BCUT2D eigenvalue weighted by molar-refractivity contribution is -0.858. The van der Waals surface area contributed by atoms with Crippen LogP contribution in [0.3, 0.4) is 0 Å². The van der Waals surface area contributed by atoms with Crippen LogP contribution >= 0.6 is 27.3 Å². The second kappa shape index (κ2) is 17.8. The molecule has 12 heteroatoms. The average Bonchev–Trinajstić information content (AvgIpc) is 3.12. The Morgan fingerprint density at radius 2 is 1.25 bits per heavy atom. The van der Waals surface area contributed by atoms with Gasteiger partial charge in [-0.2, -0.15) is 0 Å². The fourth-order valence-corrected chi connectivity index (χ4v) is 9.82. The maximum Gasteiger partial charge on any atom is 0.322 e. The van der Waals surface area contributed by atoms with Gasteiger partial charge < -0.3 is 19.3 Å². The first-order valence-electron chi connectivity index (χ1n) is 19.7. The molecule has 0 bridgehead atoms. The van der Waals surface area contributed by atoms with Gasteiger partial charge in [0, 0.05) is 49.3 Å². The Balaban J connectivity index is 1.21. The number of nitrogens with one attached hydrogen (secondary N) is 2. The topological polar surface area (TPSA) is 118 Å². The number of rotatable bonds is 20. The molecular formula is C44H58BrN3O7S+2. The van der Waals surface area contributed by atoms with E-state index in [0.717, 1.165) is 53.6 Å². The molecule has 2 aromatic heterocycles. The molecule has 0 aliphatic heterocycles. The van der Waals surface area contributed by atoms with Crippen molar-refractivity contribution < 1.29 is 33.7 Å². The molecule has 302 valence electrons. The lowest BCUT2D eigenvalue weighted by atomic mass is 9.67. The highest BCUT2D eigenvalue weighted by molar-refractivity contribution is 9.10. The van der Waals surface area contributed by atoms with Crippen molar-refractivity contribution in [3.63, 3.8) is 0 Å². The summed E-state index contributed by atoms with van der Waals surface area (Å²) in [4.78, 5) is 70.3. The van der Waals surface area contributed by atoms with E-state index in [4.69, 9.17) is 9.47 Å². The van der Waals surface area contributed by atoms with Gasteiger partial charge >= 0.3 is 11.9 Å². The number of ketones is 1. The van der Waals surface area contributed by atoms with E-state index in [1.165, 1.54) is 4.57 Å². The Hall–Kier alpha value is -3.71. The summed E-state index contributed by atoms with van der Waals surface area (Å²) < 4.78 is 13.7. The summed E-state index contributed by atoms with van der Waals surface area (Å²) in [7, 11) is 7.91. The third kappa shape index (κ3) is 9.69. The van der Waals surface area contributed by atoms with Crippen molar-refractivity contribution >= 4 is 86.7 Å². The van der Waals surface area contributed by atoms with Gasteiger partial charge in [0.1, 0.15) is 36.4 Å². The van der Waals surface area contributed by atoms with Gasteiger partial charge in [-0.05, 0) is 74.6 Å². The van der Waals surface area contributed by atoms with Crippen LogP contribution in [0.2, 0.25) is 0 Å². The Bertz CT molecular complexity index is 2300. The minimum atomic E-state index is -1.16. The molecule has 56 heavy (non-hydrogen) atoms. The number of likely N-dealkylation sites (N-methyl/N-ethyl adjacent to an activating group) is 2. The first-order valence-corrected chi connectivity index (χ1v) is 21.3. The fraction of sp³-hybridized carbons (Fsp3) is 0.523. The number of esters is 2. The van der Waals surface area contributed by atoms with Crippen LogP contribution in [-0.4, -0.2) is 81.1 Å². The monoisotopic (exact) mass is 851 g/mol. The molecule has 10 nitrogen and oxygen atoms in total. The number of benzene rings is 3. The molecule has 0 fully saturated rings. The maximum absolute atomic E-state index is 13.7. The van der Waals surface area contributed by atoms with Crippen molar-refractivity contribution in [2.75, 3.05) is 54.5 Å². The number of pyridine rings is 1. The van der Waals surface area contributed by atoms with Crippen LogP contribution in [0.1, 0.15) is 72.6 Å². The quantitative estimate of drug-likeness (QED) is 0.0365. The zero-order valence-corrected chi connectivity index (χ0v) is 36.6. The number of unbranched alkanes of at least 4 members (excludes halogenated alkanes) is 3. The van der Waals surface area contributed by atoms with E-state index in [0.29, 0.717) is 49.7 Å². The zero-order chi connectivity index (χ0) is 41.0. The predicted molar refractivity (Wildman–Crippen MR) is 230 cm³/mol. The summed E-state index contributed by atoms with van der Waals surface area (Å²) in [5, 5.41) is 5.00. The van der Waals surface area contributed by atoms with Gasteiger partial charge in [-0.1, -0.05) is 66.9 Å². The summed E-state index contributed by atoms with van der Waals surface area (Å²) in [6.45, 7) is 9.26. The number of hydrogen-bond donors (Lipinski definition) is 2. The van der Waals surface area contributed by atoms with Crippen molar-refractivity contribution in [2.45, 2.75) is 83.5 Å². The van der Waals surface area contributed by atoms with Gasteiger partial charge in [-0.15, -0.1) is 11.3 Å². The number of ether oxygens (including phenoxy) is 2. The highest BCUT2D eigenvalue weighted by Gasteiger charge is 2.49. The molecule has 2 N–H and O–H groups in total. The van der Waals surface area contributed by atoms with Gasteiger partial charge in [0.15, 0.2) is 0 Å². The molecule has 0 spiro atoms. The molecule has 0 amide bonds. The number of alkyl halides is 1. The summed E-state index contributed by atoms with van der Waals surface area (Å²) in [5.74, 6) is -0.868. The average molecular weight is 853 g/mol. The number of carbonyl (C=O) groups is 3. The third-order valence-corrected chi connectivity index (χ3v) is 12.6. The van der Waals surface area contributed by atoms with Crippen LogP contribution in [0.5, 0.6) is 0 Å². The zero-order valence-electron chi connectivity index (χ0n) is 34.2. The van der Waals surface area contributed by atoms with Gasteiger partial charge in [-0.3, -0.25) is 28.5 Å². The molecule has 5 aromatic rings. The van der Waals surface area contributed by atoms with Crippen LogP contribution in [0.25, 0.3) is 41.7 Å². The number of fused-ring (bicyclic) bond motifs is 2. The van der Waals surface area contributed by atoms with Gasteiger partial charge in [0.25, 0.3) is 11.1 Å². The van der Waals surface area contributed by atoms with E-state index >= 15 is 0 Å². The number of nitrogens with zero attached hydrogens (tertiary/aromatic N) is 1.